The third-order valence-corrected chi connectivity index (χ3v) is 5.10. The number of methoxy groups -OCH3 is 1. The summed E-state index contributed by atoms with van der Waals surface area (Å²) < 4.78 is 11.4. The third kappa shape index (κ3) is 7.21. The largest absolute Gasteiger partial charge is 0.493 e. The van der Waals surface area contributed by atoms with Crippen LogP contribution in [0.5, 0.6) is 11.5 Å². The molecule has 8 heteroatoms. The zero-order valence-electron chi connectivity index (χ0n) is 17.5. The van der Waals surface area contributed by atoms with Crippen LogP contribution in [0.3, 0.4) is 0 Å². The fraction of sp³-hybridized carbons (Fsp3) is 0.619. The van der Waals surface area contributed by atoms with Crippen LogP contribution in [0.1, 0.15) is 51.0 Å². The van der Waals surface area contributed by atoms with Crippen molar-refractivity contribution >= 4 is 11.8 Å². The Hall–Kier alpha value is -2.32. The number of hydrazine groups is 1. The minimum absolute atomic E-state index is 0.0265. The van der Waals surface area contributed by atoms with E-state index in [-0.39, 0.29) is 18.2 Å². The van der Waals surface area contributed by atoms with Crippen LogP contribution in [0.2, 0.25) is 0 Å². The SMILES string of the molecule is CCCCCCCOc1ccc(CN2CCNC(=O)C2CC(=O)NN)cc1OC. The summed E-state index contributed by atoms with van der Waals surface area (Å²) in [5.41, 5.74) is 3.09. The molecule has 1 aliphatic heterocycles. The van der Waals surface area contributed by atoms with E-state index in [0.29, 0.717) is 32.0 Å². The molecule has 29 heavy (non-hydrogen) atoms. The Labute approximate surface area is 173 Å². The van der Waals surface area contributed by atoms with E-state index in [1.165, 1.54) is 25.7 Å². The van der Waals surface area contributed by atoms with Gasteiger partial charge in [-0.1, -0.05) is 38.7 Å². The van der Waals surface area contributed by atoms with Crippen molar-refractivity contribution in [2.24, 2.45) is 5.84 Å². The summed E-state index contributed by atoms with van der Waals surface area (Å²) in [6.07, 6.45) is 5.95. The lowest BCUT2D eigenvalue weighted by molar-refractivity contribution is -0.134. The molecule has 0 bridgehead atoms. The molecule has 162 valence electrons. The summed E-state index contributed by atoms with van der Waals surface area (Å²) in [6.45, 7) is 4.61. The number of carbonyl (C=O) groups excluding carboxylic acids is 2. The number of piperazine rings is 1. The van der Waals surface area contributed by atoms with Gasteiger partial charge in [-0.2, -0.15) is 0 Å². The quantitative estimate of drug-likeness (QED) is 0.211. The van der Waals surface area contributed by atoms with E-state index < -0.39 is 6.04 Å². The van der Waals surface area contributed by atoms with Crippen molar-refractivity contribution in [3.8, 4) is 11.5 Å². The van der Waals surface area contributed by atoms with E-state index in [1.807, 2.05) is 23.1 Å². The predicted molar refractivity (Wildman–Crippen MR) is 111 cm³/mol. The van der Waals surface area contributed by atoms with E-state index in [1.54, 1.807) is 7.11 Å². The highest BCUT2D eigenvalue weighted by molar-refractivity contribution is 5.88. The molecule has 0 aromatic heterocycles. The van der Waals surface area contributed by atoms with Gasteiger partial charge in [0, 0.05) is 19.6 Å². The Bertz CT molecular complexity index is 668. The van der Waals surface area contributed by atoms with E-state index in [9.17, 15) is 9.59 Å². The van der Waals surface area contributed by atoms with E-state index in [4.69, 9.17) is 15.3 Å². The molecule has 1 saturated heterocycles. The molecule has 1 unspecified atom stereocenters. The Morgan fingerprint density at radius 1 is 1.28 bits per heavy atom. The summed E-state index contributed by atoms with van der Waals surface area (Å²) in [6, 6.07) is 5.27. The smallest absolute Gasteiger partial charge is 0.237 e. The summed E-state index contributed by atoms with van der Waals surface area (Å²) in [5.74, 6) is 6.06. The predicted octanol–water partition coefficient (Wildman–Crippen LogP) is 1.72. The molecule has 1 atom stereocenters. The summed E-state index contributed by atoms with van der Waals surface area (Å²) in [4.78, 5) is 25.9. The highest BCUT2D eigenvalue weighted by atomic mass is 16.5. The molecule has 1 aliphatic rings. The van der Waals surface area contributed by atoms with Crippen LogP contribution >= 0.6 is 0 Å². The Morgan fingerprint density at radius 3 is 2.79 bits per heavy atom. The van der Waals surface area contributed by atoms with Gasteiger partial charge in [-0.3, -0.25) is 19.9 Å². The normalized spacial score (nSPS) is 16.9. The van der Waals surface area contributed by atoms with E-state index >= 15 is 0 Å². The van der Waals surface area contributed by atoms with Crippen molar-refractivity contribution in [2.45, 2.75) is 58.0 Å². The number of hydrogen-bond donors (Lipinski definition) is 3. The maximum atomic E-state index is 12.2. The number of amides is 2. The van der Waals surface area contributed by atoms with Crippen LogP contribution in [0.25, 0.3) is 0 Å². The van der Waals surface area contributed by atoms with Crippen molar-refractivity contribution in [1.82, 2.24) is 15.6 Å². The number of benzene rings is 1. The molecule has 2 rings (SSSR count). The summed E-state index contributed by atoms with van der Waals surface area (Å²) >= 11 is 0. The molecule has 0 aliphatic carbocycles. The molecule has 0 saturated carbocycles. The number of unbranched alkanes of at least 4 members (excludes halogenated alkanes) is 4. The third-order valence-electron chi connectivity index (χ3n) is 5.10. The number of rotatable bonds is 12. The molecular weight excluding hydrogens is 372 g/mol. The monoisotopic (exact) mass is 406 g/mol. The van der Waals surface area contributed by atoms with Gasteiger partial charge in [0.05, 0.1) is 26.2 Å². The van der Waals surface area contributed by atoms with Crippen LogP contribution in [0.15, 0.2) is 18.2 Å². The first-order chi connectivity index (χ1) is 14.1. The van der Waals surface area contributed by atoms with Crippen molar-refractivity contribution in [3.63, 3.8) is 0 Å². The van der Waals surface area contributed by atoms with Gasteiger partial charge in [0.25, 0.3) is 0 Å². The minimum atomic E-state index is -0.544. The summed E-state index contributed by atoms with van der Waals surface area (Å²) in [5, 5.41) is 2.80. The van der Waals surface area contributed by atoms with Crippen LogP contribution < -0.4 is 26.1 Å². The lowest BCUT2D eigenvalue weighted by Crippen LogP contribution is -2.56. The Balaban J connectivity index is 1.97. The topological polar surface area (TPSA) is 106 Å². The molecular formula is C21H34N4O4. The van der Waals surface area contributed by atoms with Gasteiger partial charge in [-0.05, 0) is 24.1 Å². The molecule has 4 N–H and O–H groups in total. The van der Waals surface area contributed by atoms with Crippen molar-refractivity contribution in [1.29, 1.82) is 0 Å². The average Bonchev–Trinajstić information content (AvgIpc) is 2.73. The van der Waals surface area contributed by atoms with Gasteiger partial charge in [0.2, 0.25) is 11.8 Å². The second-order valence-corrected chi connectivity index (χ2v) is 7.30. The van der Waals surface area contributed by atoms with Crippen LogP contribution in [-0.4, -0.2) is 49.6 Å². The number of nitrogens with one attached hydrogen (secondary N) is 2. The molecule has 1 heterocycles. The second kappa shape index (κ2) is 12.3. The zero-order chi connectivity index (χ0) is 21.1. The molecule has 1 aromatic carbocycles. The zero-order valence-corrected chi connectivity index (χ0v) is 17.5. The van der Waals surface area contributed by atoms with Gasteiger partial charge in [-0.15, -0.1) is 0 Å². The molecule has 0 spiro atoms. The fourth-order valence-electron chi connectivity index (χ4n) is 3.46. The van der Waals surface area contributed by atoms with Crippen LogP contribution in [0, 0.1) is 0 Å². The summed E-state index contributed by atoms with van der Waals surface area (Å²) in [7, 11) is 1.62. The number of hydrogen-bond acceptors (Lipinski definition) is 6. The molecule has 1 aromatic rings. The van der Waals surface area contributed by atoms with Gasteiger partial charge < -0.3 is 14.8 Å². The maximum Gasteiger partial charge on any atom is 0.237 e. The van der Waals surface area contributed by atoms with Gasteiger partial charge >= 0.3 is 0 Å². The van der Waals surface area contributed by atoms with Gasteiger partial charge in [-0.25, -0.2) is 5.84 Å². The average molecular weight is 407 g/mol. The first kappa shape index (κ1) is 23.0. The standard InChI is InChI=1S/C21H34N4O4/c1-3-4-5-6-7-12-29-18-9-8-16(13-19(18)28-2)15-25-11-10-23-21(27)17(25)14-20(26)24-22/h8-9,13,17H,3-7,10-12,14-15,22H2,1-2H3,(H,23,27)(H,24,26). The Morgan fingerprint density at radius 2 is 2.07 bits per heavy atom. The first-order valence-corrected chi connectivity index (χ1v) is 10.4. The number of nitrogens with two attached hydrogens (primary N) is 1. The minimum Gasteiger partial charge on any atom is -0.493 e. The van der Waals surface area contributed by atoms with E-state index in [0.717, 1.165) is 17.7 Å². The molecule has 2 amide bonds. The second-order valence-electron chi connectivity index (χ2n) is 7.30. The highest BCUT2D eigenvalue weighted by Crippen LogP contribution is 2.29. The first-order valence-electron chi connectivity index (χ1n) is 10.4. The molecule has 0 radical (unpaired) electrons. The fourth-order valence-corrected chi connectivity index (χ4v) is 3.46. The molecule has 1 fully saturated rings. The van der Waals surface area contributed by atoms with Crippen molar-refractivity contribution in [2.75, 3.05) is 26.8 Å². The van der Waals surface area contributed by atoms with Crippen molar-refractivity contribution < 1.29 is 19.1 Å². The van der Waals surface area contributed by atoms with Gasteiger partial charge in [0.1, 0.15) is 0 Å². The lowest BCUT2D eigenvalue weighted by atomic mass is 10.1. The maximum absolute atomic E-state index is 12.2. The van der Waals surface area contributed by atoms with Crippen LogP contribution in [-0.2, 0) is 16.1 Å². The number of carbonyl (C=O) groups is 2. The van der Waals surface area contributed by atoms with E-state index in [2.05, 4.69) is 17.7 Å². The highest BCUT2D eigenvalue weighted by Gasteiger charge is 2.31. The van der Waals surface area contributed by atoms with Crippen molar-refractivity contribution in [3.05, 3.63) is 23.8 Å². The van der Waals surface area contributed by atoms with Gasteiger partial charge in [0.15, 0.2) is 11.5 Å². The number of ether oxygens (including phenoxy) is 2. The molecule has 8 nitrogen and oxygen atoms in total. The Kier molecular flexibility index (Phi) is 9.73. The van der Waals surface area contributed by atoms with Crippen LogP contribution in [0.4, 0.5) is 0 Å². The number of nitrogens with zero attached hydrogens (tertiary/aromatic N) is 1. The lowest BCUT2D eigenvalue weighted by Gasteiger charge is -2.34.